The van der Waals surface area contributed by atoms with Gasteiger partial charge < -0.3 is 14.8 Å². The van der Waals surface area contributed by atoms with Crippen LogP contribution in [0.1, 0.15) is 45.1 Å². The van der Waals surface area contributed by atoms with Gasteiger partial charge in [0.15, 0.2) is 0 Å². The summed E-state index contributed by atoms with van der Waals surface area (Å²) in [4.78, 5) is 10.7. The molecule has 4 rings (SSSR count). The van der Waals surface area contributed by atoms with Crippen molar-refractivity contribution in [1.82, 2.24) is 0 Å². The number of para-hydroxylation sites is 1. The fourth-order valence-electron chi connectivity index (χ4n) is 3.32. The molecule has 3 heterocycles. The summed E-state index contributed by atoms with van der Waals surface area (Å²) in [7, 11) is 0. The molecule has 2 aliphatic rings. The molecular weight excluding hydrogens is 382 g/mol. The van der Waals surface area contributed by atoms with E-state index in [4.69, 9.17) is 19.5 Å². The van der Waals surface area contributed by atoms with Gasteiger partial charge in [0.1, 0.15) is 18.1 Å². The summed E-state index contributed by atoms with van der Waals surface area (Å²) in [5.41, 5.74) is 3.03. The third-order valence-electron chi connectivity index (χ3n) is 5.38. The summed E-state index contributed by atoms with van der Waals surface area (Å²) in [6, 6.07) is 10.6. The SMILES string of the molecule is CC(C)[C@H]1COC(c2sccc2Nc2ccccc2C2=N[C@@H](C(C)(C)C)CO2)=N1. The maximum atomic E-state index is 5.97. The molecule has 6 heteroatoms. The average molecular weight is 412 g/mol. The number of rotatable bonds is 5. The summed E-state index contributed by atoms with van der Waals surface area (Å²) in [6.45, 7) is 12.2. The van der Waals surface area contributed by atoms with Crippen molar-refractivity contribution in [3.8, 4) is 0 Å². The van der Waals surface area contributed by atoms with Crippen molar-refractivity contribution in [2.24, 2.45) is 21.3 Å². The van der Waals surface area contributed by atoms with Crippen LogP contribution in [0.15, 0.2) is 45.7 Å². The molecule has 0 unspecified atom stereocenters. The van der Waals surface area contributed by atoms with Crippen molar-refractivity contribution in [2.75, 3.05) is 18.5 Å². The van der Waals surface area contributed by atoms with Gasteiger partial charge in [-0.1, -0.05) is 46.8 Å². The lowest BCUT2D eigenvalue weighted by atomic mass is 9.88. The lowest BCUT2D eigenvalue weighted by molar-refractivity contribution is 0.236. The number of benzene rings is 1. The Morgan fingerprint density at radius 2 is 1.76 bits per heavy atom. The van der Waals surface area contributed by atoms with Gasteiger partial charge in [0.2, 0.25) is 11.8 Å². The molecule has 29 heavy (non-hydrogen) atoms. The molecule has 0 bridgehead atoms. The van der Waals surface area contributed by atoms with E-state index in [-0.39, 0.29) is 17.5 Å². The Kier molecular flexibility index (Phi) is 5.38. The molecule has 1 aromatic carbocycles. The van der Waals surface area contributed by atoms with Crippen LogP contribution in [-0.4, -0.2) is 37.1 Å². The van der Waals surface area contributed by atoms with Crippen LogP contribution in [-0.2, 0) is 9.47 Å². The minimum Gasteiger partial charge on any atom is -0.475 e. The van der Waals surface area contributed by atoms with Gasteiger partial charge in [-0.25, -0.2) is 9.98 Å². The predicted molar refractivity (Wildman–Crippen MR) is 121 cm³/mol. The Hall–Kier alpha value is -2.34. The van der Waals surface area contributed by atoms with Crippen molar-refractivity contribution in [2.45, 2.75) is 46.7 Å². The molecule has 0 saturated carbocycles. The van der Waals surface area contributed by atoms with Gasteiger partial charge >= 0.3 is 0 Å². The molecule has 0 amide bonds. The Labute approximate surface area is 176 Å². The van der Waals surface area contributed by atoms with Crippen LogP contribution in [0.4, 0.5) is 11.4 Å². The van der Waals surface area contributed by atoms with Crippen LogP contribution in [0.2, 0.25) is 0 Å². The molecule has 0 saturated heterocycles. The Bertz CT molecular complexity index is 940. The first-order valence-corrected chi connectivity index (χ1v) is 11.1. The lowest BCUT2D eigenvalue weighted by Crippen LogP contribution is -2.25. The van der Waals surface area contributed by atoms with Crippen LogP contribution in [0, 0.1) is 11.3 Å². The molecule has 2 aromatic rings. The van der Waals surface area contributed by atoms with E-state index in [2.05, 4.69) is 63.5 Å². The van der Waals surface area contributed by atoms with E-state index in [9.17, 15) is 0 Å². The standard InChI is InChI=1S/C23H29N3O2S/c1-14(2)18-12-27-22(25-18)20-17(10-11-29-20)24-16-9-7-6-8-15(16)21-26-19(13-28-21)23(3,4)5/h6-11,14,18-19,24H,12-13H2,1-5H3/t18-,19-/m1/s1. The van der Waals surface area contributed by atoms with E-state index < -0.39 is 0 Å². The van der Waals surface area contributed by atoms with Crippen LogP contribution in [0.3, 0.4) is 0 Å². The highest BCUT2D eigenvalue weighted by Gasteiger charge is 2.31. The normalized spacial score (nSPS) is 21.6. The van der Waals surface area contributed by atoms with Crippen molar-refractivity contribution in [3.63, 3.8) is 0 Å². The highest BCUT2D eigenvalue weighted by atomic mass is 32.1. The van der Waals surface area contributed by atoms with E-state index in [0.29, 0.717) is 25.0 Å². The molecule has 0 fully saturated rings. The van der Waals surface area contributed by atoms with Crippen molar-refractivity contribution < 1.29 is 9.47 Å². The second kappa shape index (κ2) is 7.82. The maximum Gasteiger partial charge on any atom is 0.229 e. The van der Waals surface area contributed by atoms with Crippen LogP contribution >= 0.6 is 11.3 Å². The molecule has 0 spiro atoms. The zero-order chi connectivity index (χ0) is 20.6. The van der Waals surface area contributed by atoms with Crippen molar-refractivity contribution in [3.05, 3.63) is 46.2 Å². The van der Waals surface area contributed by atoms with E-state index >= 15 is 0 Å². The first-order chi connectivity index (χ1) is 13.8. The summed E-state index contributed by atoms with van der Waals surface area (Å²) in [6.07, 6.45) is 0. The first-order valence-electron chi connectivity index (χ1n) is 10.2. The van der Waals surface area contributed by atoms with Crippen LogP contribution in [0.25, 0.3) is 0 Å². The molecule has 2 aliphatic heterocycles. The largest absolute Gasteiger partial charge is 0.475 e. The lowest BCUT2D eigenvalue weighted by Gasteiger charge is -2.21. The van der Waals surface area contributed by atoms with Gasteiger partial charge in [-0.3, -0.25) is 0 Å². The Morgan fingerprint density at radius 1 is 1.00 bits per heavy atom. The zero-order valence-corrected chi connectivity index (χ0v) is 18.5. The number of thiophene rings is 1. The summed E-state index contributed by atoms with van der Waals surface area (Å²) < 4.78 is 11.9. The number of hydrogen-bond donors (Lipinski definition) is 1. The summed E-state index contributed by atoms with van der Waals surface area (Å²) in [5.74, 6) is 1.91. The van der Waals surface area contributed by atoms with Gasteiger partial charge in [0.25, 0.3) is 0 Å². The minimum absolute atomic E-state index is 0.0789. The predicted octanol–water partition coefficient (Wildman–Crippen LogP) is 5.48. The quantitative estimate of drug-likeness (QED) is 0.708. The first kappa shape index (κ1) is 20.0. The maximum absolute atomic E-state index is 5.97. The number of aliphatic imine (C=N–C) groups is 2. The summed E-state index contributed by atoms with van der Waals surface area (Å²) in [5, 5.41) is 5.62. The van der Waals surface area contributed by atoms with Gasteiger partial charge in [-0.2, -0.15) is 0 Å². The number of anilines is 2. The third-order valence-corrected chi connectivity index (χ3v) is 6.28. The fraction of sp³-hybridized carbons (Fsp3) is 0.478. The van der Waals surface area contributed by atoms with Crippen molar-refractivity contribution >= 4 is 34.5 Å². The monoisotopic (exact) mass is 411 g/mol. The average Bonchev–Trinajstić information content (AvgIpc) is 3.41. The smallest absolute Gasteiger partial charge is 0.229 e. The van der Waals surface area contributed by atoms with E-state index in [1.165, 1.54) is 0 Å². The minimum atomic E-state index is 0.0789. The van der Waals surface area contributed by atoms with Gasteiger partial charge in [-0.05, 0) is 34.9 Å². The van der Waals surface area contributed by atoms with Gasteiger partial charge in [0.05, 0.1) is 29.0 Å². The van der Waals surface area contributed by atoms with Crippen molar-refractivity contribution in [1.29, 1.82) is 0 Å². The van der Waals surface area contributed by atoms with E-state index in [1.807, 2.05) is 12.1 Å². The molecule has 5 nitrogen and oxygen atoms in total. The number of nitrogens with one attached hydrogen (secondary N) is 1. The molecule has 154 valence electrons. The van der Waals surface area contributed by atoms with Gasteiger partial charge in [-0.15, -0.1) is 11.3 Å². The number of ether oxygens (including phenoxy) is 2. The third kappa shape index (κ3) is 4.17. The molecule has 2 atom stereocenters. The second-order valence-corrected chi connectivity index (χ2v) is 9.93. The Morgan fingerprint density at radius 3 is 2.45 bits per heavy atom. The summed E-state index contributed by atoms with van der Waals surface area (Å²) >= 11 is 1.64. The second-order valence-electron chi connectivity index (χ2n) is 9.02. The molecule has 1 N–H and O–H groups in total. The van der Waals surface area contributed by atoms with E-state index in [0.717, 1.165) is 27.7 Å². The number of hydrogen-bond acceptors (Lipinski definition) is 6. The van der Waals surface area contributed by atoms with Crippen LogP contribution < -0.4 is 5.32 Å². The highest BCUT2D eigenvalue weighted by molar-refractivity contribution is 7.12. The fourth-order valence-corrected chi connectivity index (χ4v) is 4.12. The molecule has 0 radical (unpaired) electrons. The van der Waals surface area contributed by atoms with Gasteiger partial charge in [0, 0.05) is 0 Å². The zero-order valence-electron chi connectivity index (χ0n) is 17.7. The Balaban J connectivity index is 1.60. The van der Waals surface area contributed by atoms with E-state index in [1.54, 1.807) is 11.3 Å². The molecular formula is C23H29N3O2S. The topological polar surface area (TPSA) is 55.2 Å². The molecule has 1 aromatic heterocycles. The van der Waals surface area contributed by atoms with Crippen LogP contribution in [0.5, 0.6) is 0 Å². The highest BCUT2D eigenvalue weighted by Crippen LogP contribution is 2.33. The number of nitrogens with zero attached hydrogens (tertiary/aromatic N) is 2. The molecule has 0 aliphatic carbocycles.